The Bertz CT molecular complexity index is 1140. The molecule has 3 aromatic carbocycles. The van der Waals surface area contributed by atoms with Gasteiger partial charge in [0.05, 0.1) is 29.5 Å². The lowest BCUT2D eigenvalue weighted by Gasteiger charge is -2.10. The zero-order valence-electron chi connectivity index (χ0n) is 16.4. The molecular weight excluding hydrogens is 400 g/mol. The van der Waals surface area contributed by atoms with E-state index < -0.39 is 16.7 Å². The second-order valence-electron chi connectivity index (χ2n) is 6.28. The normalized spacial score (nSPS) is 10.5. The Hall–Kier alpha value is -4.53. The molecule has 3 aromatic rings. The van der Waals surface area contributed by atoms with Crippen molar-refractivity contribution < 1.29 is 19.2 Å². The Morgan fingerprint density at radius 3 is 2.45 bits per heavy atom. The van der Waals surface area contributed by atoms with E-state index in [1.54, 1.807) is 55.6 Å². The van der Waals surface area contributed by atoms with Crippen molar-refractivity contribution in [2.24, 2.45) is 5.10 Å². The highest BCUT2D eigenvalue weighted by Crippen LogP contribution is 2.18. The van der Waals surface area contributed by atoms with Crippen molar-refractivity contribution in [3.05, 3.63) is 99.6 Å². The van der Waals surface area contributed by atoms with Gasteiger partial charge in [-0.1, -0.05) is 24.3 Å². The number of para-hydroxylation sites is 1. The summed E-state index contributed by atoms with van der Waals surface area (Å²) in [5.41, 5.74) is 3.74. The quantitative estimate of drug-likeness (QED) is 0.345. The predicted octanol–water partition coefficient (Wildman–Crippen LogP) is 3.62. The second kappa shape index (κ2) is 9.79. The van der Waals surface area contributed by atoms with Gasteiger partial charge in [-0.3, -0.25) is 19.7 Å². The molecule has 156 valence electrons. The van der Waals surface area contributed by atoms with Gasteiger partial charge in [0.25, 0.3) is 17.5 Å². The maximum atomic E-state index is 12.5. The fourth-order valence-corrected chi connectivity index (χ4v) is 2.67. The van der Waals surface area contributed by atoms with Crippen LogP contribution in [0.1, 0.15) is 26.3 Å². The highest BCUT2D eigenvalue weighted by Gasteiger charge is 2.14. The summed E-state index contributed by atoms with van der Waals surface area (Å²) < 4.78 is 5.14. The molecule has 2 N–H and O–H groups in total. The van der Waals surface area contributed by atoms with Gasteiger partial charge in [-0.25, -0.2) is 5.43 Å². The number of non-ortho nitro benzene ring substituents is 1. The molecule has 2 amide bonds. The molecule has 9 heteroatoms. The summed E-state index contributed by atoms with van der Waals surface area (Å²) in [5.74, 6) is -0.358. The molecule has 0 radical (unpaired) electrons. The highest BCUT2D eigenvalue weighted by molar-refractivity contribution is 6.09. The number of nitro groups is 1. The number of rotatable bonds is 7. The number of nitrogens with one attached hydrogen (secondary N) is 2. The minimum Gasteiger partial charge on any atom is -0.497 e. The van der Waals surface area contributed by atoms with Crippen LogP contribution >= 0.6 is 0 Å². The summed E-state index contributed by atoms with van der Waals surface area (Å²) in [7, 11) is 1.56. The molecule has 3 rings (SSSR count). The number of anilines is 1. The third-order valence-corrected chi connectivity index (χ3v) is 4.23. The van der Waals surface area contributed by atoms with E-state index in [0.29, 0.717) is 5.75 Å². The van der Waals surface area contributed by atoms with E-state index in [1.165, 1.54) is 30.5 Å². The van der Waals surface area contributed by atoms with Crippen molar-refractivity contribution in [3.63, 3.8) is 0 Å². The summed E-state index contributed by atoms with van der Waals surface area (Å²) in [5, 5.41) is 17.3. The lowest BCUT2D eigenvalue weighted by molar-refractivity contribution is -0.384. The molecular formula is C22H18N4O5. The molecule has 31 heavy (non-hydrogen) atoms. The number of hydrazone groups is 1. The molecule has 0 atom stereocenters. The number of nitro benzene ring substituents is 1. The lowest BCUT2D eigenvalue weighted by Crippen LogP contribution is -2.21. The molecule has 0 aliphatic rings. The fourth-order valence-electron chi connectivity index (χ4n) is 2.67. The van der Waals surface area contributed by atoms with Gasteiger partial charge in [-0.15, -0.1) is 0 Å². The largest absolute Gasteiger partial charge is 0.497 e. The van der Waals surface area contributed by atoms with Crippen LogP contribution in [0.4, 0.5) is 11.4 Å². The van der Waals surface area contributed by atoms with Crippen molar-refractivity contribution in [2.75, 3.05) is 12.4 Å². The molecule has 0 heterocycles. The van der Waals surface area contributed by atoms with E-state index in [-0.39, 0.29) is 22.5 Å². The minimum atomic E-state index is -0.548. The molecule has 0 aromatic heterocycles. The maximum absolute atomic E-state index is 12.5. The number of methoxy groups -OCH3 is 1. The van der Waals surface area contributed by atoms with Gasteiger partial charge in [-0.05, 0) is 42.0 Å². The lowest BCUT2D eigenvalue weighted by atomic mass is 10.1. The van der Waals surface area contributed by atoms with Crippen molar-refractivity contribution >= 4 is 29.4 Å². The summed E-state index contributed by atoms with van der Waals surface area (Å²) in [6, 6.07) is 18.7. The van der Waals surface area contributed by atoms with Crippen LogP contribution in [0, 0.1) is 10.1 Å². The standard InChI is InChI=1S/C22H18N4O5/c1-31-18-6-4-5-15(13-18)14-23-25-22(28)19-7-2-3-8-20(19)24-21(27)16-9-11-17(12-10-16)26(29)30/h2-14H,1H3,(H,24,27)(H,25,28)/b23-14-. The SMILES string of the molecule is COc1cccc(/C=N\NC(=O)c2ccccc2NC(=O)c2ccc([N+](=O)[O-])cc2)c1. The molecule has 0 bridgehead atoms. The van der Waals surface area contributed by atoms with Crippen LogP contribution < -0.4 is 15.5 Å². The van der Waals surface area contributed by atoms with E-state index in [1.807, 2.05) is 0 Å². The smallest absolute Gasteiger partial charge is 0.273 e. The van der Waals surface area contributed by atoms with Crippen LogP contribution in [0.25, 0.3) is 0 Å². The summed E-state index contributed by atoms with van der Waals surface area (Å²) in [6.45, 7) is 0. The van der Waals surface area contributed by atoms with E-state index >= 15 is 0 Å². The molecule has 9 nitrogen and oxygen atoms in total. The monoisotopic (exact) mass is 418 g/mol. The maximum Gasteiger partial charge on any atom is 0.273 e. The highest BCUT2D eigenvalue weighted by atomic mass is 16.6. The van der Waals surface area contributed by atoms with Gasteiger partial charge in [-0.2, -0.15) is 5.10 Å². The Balaban J connectivity index is 1.70. The molecule has 0 spiro atoms. The third kappa shape index (κ3) is 5.51. The molecule has 0 aliphatic heterocycles. The predicted molar refractivity (Wildman–Crippen MR) is 116 cm³/mol. The van der Waals surface area contributed by atoms with E-state index in [4.69, 9.17) is 4.74 Å². The van der Waals surface area contributed by atoms with Gasteiger partial charge < -0.3 is 10.1 Å². The van der Waals surface area contributed by atoms with Crippen molar-refractivity contribution in [2.45, 2.75) is 0 Å². The third-order valence-electron chi connectivity index (χ3n) is 4.23. The first-order chi connectivity index (χ1) is 15.0. The van der Waals surface area contributed by atoms with Gasteiger partial charge >= 0.3 is 0 Å². The Labute approximate surface area is 177 Å². The number of benzene rings is 3. The van der Waals surface area contributed by atoms with Crippen LogP contribution in [0.15, 0.2) is 77.9 Å². The fraction of sp³-hybridized carbons (Fsp3) is 0.0455. The van der Waals surface area contributed by atoms with Gasteiger partial charge in [0.1, 0.15) is 5.75 Å². The number of nitrogens with zero attached hydrogens (tertiary/aromatic N) is 2. The summed E-state index contributed by atoms with van der Waals surface area (Å²) >= 11 is 0. The van der Waals surface area contributed by atoms with Gasteiger partial charge in [0, 0.05) is 17.7 Å². The topological polar surface area (TPSA) is 123 Å². The van der Waals surface area contributed by atoms with Crippen molar-refractivity contribution in [3.8, 4) is 5.75 Å². The van der Waals surface area contributed by atoms with E-state index in [2.05, 4.69) is 15.8 Å². The first kappa shape index (κ1) is 21.2. The average Bonchev–Trinajstić information content (AvgIpc) is 2.79. The average molecular weight is 418 g/mol. The molecule has 0 aliphatic carbocycles. The van der Waals surface area contributed by atoms with Gasteiger partial charge in [0.15, 0.2) is 0 Å². The second-order valence-corrected chi connectivity index (χ2v) is 6.28. The van der Waals surface area contributed by atoms with E-state index in [9.17, 15) is 19.7 Å². The zero-order valence-corrected chi connectivity index (χ0v) is 16.4. The van der Waals surface area contributed by atoms with Crippen LogP contribution in [-0.2, 0) is 0 Å². The van der Waals surface area contributed by atoms with E-state index in [0.717, 1.165) is 5.56 Å². The first-order valence-electron chi connectivity index (χ1n) is 9.10. The van der Waals surface area contributed by atoms with Crippen LogP contribution in [0.5, 0.6) is 5.75 Å². The Morgan fingerprint density at radius 2 is 1.74 bits per heavy atom. The molecule has 0 fully saturated rings. The minimum absolute atomic E-state index is 0.120. The zero-order chi connectivity index (χ0) is 22.2. The molecule has 0 saturated heterocycles. The van der Waals surface area contributed by atoms with Crippen LogP contribution in [0.3, 0.4) is 0 Å². The number of hydrogen-bond acceptors (Lipinski definition) is 6. The number of carbonyl (C=O) groups excluding carboxylic acids is 2. The van der Waals surface area contributed by atoms with Crippen LogP contribution in [0.2, 0.25) is 0 Å². The number of hydrogen-bond donors (Lipinski definition) is 2. The summed E-state index contributed by atoms with van der Waals surface area (Å²) in [6.07, 6.45) is 1.47. The van der Waals surface area contributed by atoms with Crippen LogP contribution in [-0.4, -0.2) is 30.1 Å². The number of ether oxygens (including phenoxy) is 1. The van der Waals surface area contributed by atoms with Crippen molar-refractivity contribution in [1.82, 2.24) is 5.43 Å². The van der Waals surface area contributed by atoms with Gasteiger partial charge in [0.2, 0.25) is 0 Å². The Morgan fingerprint density at radius 1 is 1.00 bits per heavy atom. The first-order valence-corrected chi connectivity index (χ1v) is 9.10. The molecule has 0 saturated carbocycles. The number of amides is 2. The molecule has 0 unspecified atom stereocenters. The Kier molecular flexibility index (Phi) is 6.69. The number of carbonyl (C=O) groups is 2. The summed E-state index contributed by atoms with van der Waals surface area (Å²) in [4.78, 5) is 35.2. The van der Waals surface area contributed by atoms with Crippen molar-refractivity contribution in [1.29, 1.82) is 0 Å².